The molecule has 1 fully saturated rings. The molecule has 5 heteroatoms. The van der Waals surface area contributed by atoms with E-state index in [1.54, 1.807) is 0 Å². The summed E-state index contributed by atoms with van der Waals surface area (Å²) < 4.78 is 0. The largest absolute Gasteiger partial charge is 0.465 e. The van der Waals surface area contributed by atoms with Gasteiger partial charge in [-0.05, 0) is 12.8 Å². The molecule has 1 saturated carbocycles. The predicted molar refractivity (Wildman–Crippen MR) is 46.4 cm³/mol. The Morgan fingerprint density at radius 2 is 1.50 bits per heavy atom. The maximum absolute atomic E-state index is 8.78. The van der Waals surface area contributed by atoms with E-state index < -0.39 is 6.09 Å². The number of hydrogen-bond acceptors (Lipinski definition) is 3. The van der Waals surface area contributed by atoms with E-state index in [1.165, 1.54) is 19.3 Å². The summed E-state index contributed by atoms with van der Waals surface area (Å²) in [7, 11) is 0. The molecule has 0 heterocycles. The Morgan fingerprint density at radius 1 is 1.17 bits per heavy atom. The van der Waals surface area contributed by atoms with Crippen LogP contribution in [0.5, 0.6) is 0 Å². The van der Waals surface area contributed by atoms with Crippen molar-refractivity contribution in [1.82, 2.24) is 0 Å². The Bertz CT molecular complexity index is 136. The molecule has 72 valence electrons. The Kier molecular flexibility index (Phi) is 4.61. The van der Waals surface area contributed by atoms with Crippen molar-refractivity contribution in [2.75, 3.05) is 0 Å². The molecule has 0 saturated heterocycles. The van der Waals surface area contributed by atoms with Crippen molar-refractivity contribution in [1.29, 1.82) is 0 Å². The standard InChI is InChI=1S/C6H14N2.CH3NO2/c7-6(8)4-2-1-3-5-6;2-1(3)4/h1-5,7-8H2;2H2,(H,3,4). The lowest BCUT2D eigenvalue weighted by Gasteiger charge is -2.28. The van der Waals surface area contributed by atoms with Crippen LogP contribution >= 0.6 is 0 Å². The fourth-order valence-corrected chi connectivity index (χ4v) is 1.21. The molecule has 0 bridgehead atoms. The van der Waals surface area contributed by atoms with Crippen molar-refractivity contribution in [3.05, 3.63) is 0 Å². The van der Waals surface area contributed by atoms with Crippen LogP contribution in [0.1, 0.15) is 32.1 Å². The van der Waals surface area contributed by atoms with Crippen molar-refractivity contribution in [2.24, 2.45) is 17.2 Å². The second kappa shape index (κ2) is 4.95. The molecule has 0 aliphatic heterocycles. The summed E-state index contributed by atoms with van der Waals surface area (Å²) in [5, 5.41) is 7.19. The fourth-order valence-electron chi connectivity index (χ4n) is 1.21. The van der Waals surface area contributed by atoms with Gasteiger partial charge in [0.15, 0.2) is 0 Å². The summed E-state index contributed by atoms with van der Waals surface area (Å²) in [6, 6.07) is 0. The molecule has 0 aromatic carbocycles. The van der Waals surface area contributed by atoms with E-state index in [1.807, 2.05) is 0 Å². The van der Waals surface area contributed by atoms with Crippen LogP contribution in [0, 0.1) is 0 Å². The Labute approximate surface area is 71.9 Å². The molecule has 1 amide bonds. The van der Waals surface area contributed by atoms with Gasteiger partial charge in [-0.3, -0.25) is 0 Å². The summed E-state index contributed by atoms with van der Waals surface area (Å²) in [4.78, 5) is 8.78. The van der Waals surface area contributed by atoms with Crippen molar-refractivity contribution < 1.29 is 9.90 Å². The van der Waals surface area contributed by atoms with Gasteiger partial charge in [-0.15, -0.1) is 0 Å². The maximum atomic E-state index is 8.78. The van der Waals surface area contributed by atoms with Gasteiger partial charge in [-0.1, -0.05) is 19.3 Å². The number of carbonyl (C=O) groups is 1. The highest BCUT2D eigenvalue weighted by Crippen LogP contribution is 2.20. The number of amides is 1. The Balaban J connectivity index is 0.000000261. The van der Waals surface area contributed by atoms with Crippen LogP contribution in [0.15, 0.2) is 0 Å². The Hall–Kier alpha value is -0.810. The molecule has 1 aliphatic carbocycles. The van der Waals surface area contributed by atoms with Crippen LogP contribution in [0.3, 0.4) is 0 Å². The van der Waals surface area contributed by atoms with Crippen molar-refractivity contribution >= 4 is 6.09 Å². The predicted octanol–water partition coefficient (Wildman–Crippen LogP) is 0.187. The second-order valence-electron chi connectivity index (χ2n) is 3.13. The molecule has 0 aromatic heterocycles. The zero-order valence-electron chi connectivity index (χ0n) is 7.12. The summed E-state index contributed by atoms with van der Waals surface area (Å²) in [5.74, 6) is 0. The van der Waals surface area contributed by atoms with Crippen LogP contribution in [0.2, 0.25) is 0 Å². The average Bonchev–Trinajstić information content (AvgIpc) is 1.85. The smallest absolute Gasteiger partial charge is 0.402 e. The van der Waals surface area contributed by atoms with Gasteiger partial charge in [0.25, 0.3) is 0 Å². The minimum atomic E-state index is -1.33. The summed E-state index contributed by atoms with van der Waals surface area (Å²) in [6.45, 7) is 0. The first-order chi connectivity index (χ1) is 5.44. The fraction of sp³-hybridized carbons (Fsp3) is 0.857. The molecular weight excluding hydrogens is 158 g/mol. The summed E-state index contributed by atoms with van der Waals surface area (Å²) in [6.07, 6.45) is 4.43. The normalized spacial score (nSPS) is 20.5. The molecule has 0 atom stereocenters. The minimum Gasteiger partial charge on any atom is -0.465 e. The summed E-state index contributed by atoms with van der Waals surface area (Å²) >= 11 is 0. The molecule has 7 N–H and O–H groups in total. The van der Waals surface area contributed by atoms with E-state index in [0.29, 0.717) is 0 Å². The topological polar surface area (TPSA) is 115 Å². The number of carboxylic acid groups (broad SMARTS) is 1. The third-order valence-corrected chi connectivity index (χ3v) is 1.78. The first kappa shape index (κ1) is 11.2. The van der Waals surface area contributed by atoms with Crippen molar-refractivity contribution in [3.63, 3.8) is 0 Å². The molecule has 0 unspecified atom stereocenters. The highest BCUT2D eigenvalue weighted by molar-refractivity contribution is 5.61. The molecule has 0 radical (unpaired) electrons. The average molecular weight is 175 g/mol. The monoisotopic (exact) mass is 175 g/mol. The zero-order chi connectivity index (χ0) is 9.61. The van der Waals surface area contributed by atoms with Crippen molar-refractivity contribution in [3.8, 4) is 0 Å². The molecular formula is C7H17N3O2. The van der Waals surface area contributed by atoms with E-state index in [4.69, 9.17) is 21.4 Å². The SMILES string of the molecule is NC(=O)O.NC1(N)CCCCC1. The van der Waals surface area contributed by atoms with E-state index >= 15 is 0 Å². The van der Waals surface area contributed by atoms with Crippen LogP contribution < -0.4 is 17.2 Å². The number of hydrogen-bond donors (Lipinski definition) is 4. The Morgan fingerprint density at radius 3 is 1.67 bits per heavy atom. The molecule has 5 nitrogen and oxygen atoms in total. The lowest BCUT2D eigenvalue weighted by atomic mass is 9.91. The van der Waals surface area contributed by atoms with E-state index in [2.05, 4.69) is 5.73 Å². The second-order valence-corrected chi connectivity index (χ2v) is 3.13. The third kappa shape index (κ3) is 7.30. The first-order valence-electron chi connectivity index (χ1n) is 4.00. The highest BCUT2D eigenvalue weighted by Gasteiger charge is 2.21. The van der Waals surface area contributed by atoms with Gasteiger partial charge in [0, 0.05) is 0 Å². The van der Waals surface area contributed by atoms with Gasteiger partial charge >= 0.3 is 6.09 Å². The zero-order valence-corrected chi connectivity index (χ0v) is 7.12. The quantitative estimate of drug-likeness (QED) is 0.393. The molecule has 0 aromatic rings. The maximum Gasteiger partial charge on any atom is 0.402 e. The van der Waals surface area contributed by atoms with Crippen LogP contribution in [-0.4, -0.2) is 16.9 Å². The van der Waals surface area contributed by atoms with E-state index in [9.17, 15) is 0 Å². The van der Waals surface area contributed by atoms with Gasteiger partial charge in [0.2, 0.25) is 0 Å². The molecule has 1 aliphatic rings. The molecule has 12 heavy (non-hydrogen) atoms. The van der Waals surface area contributed by atoms with Gasteiger partial charge in [-0.25, -0.2) is 4.79 Å². The number of rotatable bonds is 0. The highest BCUT2D eigenvalue weighted by atomic mass is 16.4. The van der Waals surface area contributed by atoms with E-state index in [0.717, 1.165) is 12.8 Å². The number of primary amides is 1. The third-order valence-electron chi connectivity index (χ3n) is 1.78. The lowest BCUT2D eigenvalue weighted by molar-refractivity contribution is 0.205. The van der Waals surface area contributed by atoms with E-state index in [-0.39, 0.29) is 5.66 Å². The molecule has 0 spiro atoms. The van der Waals surface area contributed by atoms with Gasteiger partial charge in [0.05, 0.1) is 5.66 Å². The van der Waals surface area contributed by atoms with Crippen LogP contribution in [0.25, 0.3) is 0 Å². The number of nitrogens with two attached hydrogens (primary N) is 3. The van der Waals surface area contributed by atoms with Gasteiger partial charge in [-0.2, -0.15) is 0 Å². The lowest BCUT2D eigenvalue weighted by Crippen LogP contribution is -2.50. The van der Waals surface area contributed by atoms with Gasteiger partial charge in [0.1, 0.15) is 0 Å². The minimum absolute atomic E-state index is 0.321. The van der Waals surface area contributed by atoms with Gasteiger partial charge < -0.3 is 22.3 Å². The van der Waals surface area contributed by atoms with Crippen molar-refractivity contribution in [2.45, 2.75) is 37.8 Å². The molecule has 1 rings (SSSR count). The van der Waals surface area contributed by atoms with Crippen LogP contribution in [0.4, 0.5) is 4.79 Å². The first-order valence-corrected chi connectivity index (χ1v) is 4.00. The van der Waals surface area contributed by atoms with Crippen LogP contribution in [-0.2, 0) is 0 Å². The summed E-state index contributed by atoms with van der Waals surface area (Å²) in [5.41, 5.74) is 15.0.